The Bertz CT molecular complexity index is 1240. The predicted octanol–water partition coefficient (Wildman–Crippen LogP) is 6.18. The Hall–Kier alpha value is -1.90. The number of rotatable bonds is 17. The van der Waals surface area contributed by atoms with Gasteiger partial charge in [-0.25, -0.2) is 8.42 Å². The van der Waals surface area contributed by atoms with Gasteiger partial charge in [0.05, 0.1) is 11.8 Å². The van der Waals surface area contributed by atoms with Gasteiger partial charge < -0.3 is 4.90 Å². The van der Waals surface area contributed by atoms with E-state index in [9.17, 15) is 32.4 Å². The zero-order valence-electron chi connectivity index (χ0n) is 29.2. The number of likely N-dealkylation sites (tertiary alicyclic amines) is 1. The summed E-state index contributed by atoms with van der Waals surface area (Å²) in [6, 6.07) is -0.676. The summed E-state index contributed by atoms with van der Waals surface area (Å²) in [5.74, 6) is -2.55. The minimum atomic E-state index is -3.28. The third-order valence-corrected chi connectivity index (χ3v) is 12.3. The number of hydrogen-bond acceptors (Lipinski definition) is 7. The molecule has 2 aliphatic carbocycles. The van der Waals surface area contributed by atoms with E-state index in [1.807, 2.05) is 34.6 Å². The van der Waals surface area contributed by atoms with Crippen LogP contribution in [0.3, 0.4) is 0 Å². The molecule has 1 heterocycles. The number of nitrogens with zero attached hydrogens (tertiary/aromatic N) is 1. The largest absolute Gasteiger partial charge is 0.332 e. The molecule has 3 aliphatic rings. The molecule has 45 heavy (non-hydrogen) atoms. The van der Waals surface area contributed by atoms with Crippen LogP contribution < -0.4 is 0 Å². The number of carbonyl (C=O) groups is 5. The Balaban J connectivity index is 1.83. The third kappa shape index (κ3) is 9.13. The van der Waals surface area contributed by atoms with Crippen molar-refractivity contribution in [2.45, 2.75) is 138 Å². The summed E-state index contributed by atoms with van der Waals surface area (Å²) in [6.45, 7) is 14.4. The molecule has 0 bridgehead atoms. The van der Waals surface area contributed by atoms with E-state index in [0.717, 1.165) is 25.7 Å². The van der Waals surface area contributed by atoms with Gasteiger partial charge in [0.1, 0.15) is 15.6 Å². The zero-order valence-corrected chi connectivity index (χ0v) is 30.0. The topological polar surface area (TPSA) is 123 Å². The van der Waals surface area contributed by atoms with Crippen LogP contribution in [-0.2, 0) is 33.8 Å². The van der Waals surface area contributed by atoms with Gasteiger partial charge in [0.2, 0.25) is 11.7 Å². The molecule has 1 saturated heterocycles. The van der Waals surface area contributed by atoms with Gasteiger partial charge in [0.15, 0.2) is 11.6 Å². The minimum Gasteiger partial charge on any atom is -0.332 e. The van der Waals surface area contributed by atoms with Crippen LogP contribution in [0.15, 0.2) is 0 Å². The van der Waals surface area contributed by atoms with E-state index in [1.165, 1.54) is 6.26 Å². The molecule has 0 N–H and O–H groups in total. The summed E-state index contributed by atoms with van der Waals surface area (Å²) in [6.07, 6.45) is 8.31. The summed E-state index contributed by atoms with van der Waals surface area (Å²) in [5, 5.41) is 0. The number of piperidine rings is 1. The van der Waals surface area contributed by atoms with Crippen molar-refractivity contribution in [1.29, 1.82) is 0 Å². The smallest absolute Gasteiger partial charge is 0.227 e. The lowest BCUT2D eigenvalue weighted by Crippen LogP contribution is -2.51. The average Bonchev–Trinajstić information content (AvgIpc) is 3.25. The van der Waals surface area contributed by atoms with Crippen LogP contribution in [0.1, 0.15) is 132 Å². The van der Waals surface area contributed by atoms with Crippen LogP contribution in [0, 0.1) is 39.9 Å². The molecule has 0 aromatic rings. The molecular formula is C36H59NO7S. The van der Waals surface area contributed by atoms with E-state index in [0.29, 0.717) is 38.6 Å². The van der Waals surface area contributed by atoms with Gasteiger partial charge in [-0.15, -0.1) is 0 Å². The number of unbranched alkanes of at least 4 members (excludes halogenated alkanes) is 1. The Morgan fingerprint density at radius 2 is 1.56 bits per heavy atom. The summed E-state index contributed by atoms with van der Waals surface area (Å²) < 4.78 is 24.7. The van der Waals surface area contributed by atoms with Crippen molar-refractivity contribution in [2.24, 2.45) is 39.9 Å². The average molecular weight is 650 g/mol. The lowest BCUT2D eigenvalue weighted by atomic mass is 9.70. The molecule has 5 atom stereocenters. The highest BCUT2D eigenvalue weighted by Crippen LogP contribution is 2.65. The fourth-order valence-corrected chi connectivity index (χ4v) is 10.0. The van der Waals surface area contributed by atoms with Gasteiger partial charge in [0.25, 0.3) is 0 Å². The van der Waals surface area contributed by atoms with Crippen molar-refractivity contribution in [3.8, 4) is 0 Å². The van der Waals surface area contributed by atoms with Crippen LogP contribution in [0.2, 0.25) is 0 Å². The normalized spacial score (nSPS) is 25.2. The molecule has 0 aromatic carbocycles. The maximum absolute atomic E-state index is 14.4. The lowest BCUT2D eigenvalue weighted by molar-refractivity contribution is -0.148. The Morgan fingerprint density at radius 3 is 2.09 bits per heavy atom. The summed E-state index contributed by atoms with van der Waals surface area (Å²) in [5.41, 5.74) is -1.25. The molecule has 1 amide bonds. The molecule has 0 spiro atoms. The second-order valence-electron chi connectivity index (χ2n) is 16.4. The highest BCUT2D eigenvalue weighted by Gasteiger charge is 2.69. The molecular weight excluding hydrogens is 590 g/mol. The first-order valence-corrected chi connectivity index (χ1v) is 19.4. The monoisotopic (exact) mass is 649 g/mol. The van der Waals surface area contributed by atoms with Gasteiger partial charge in [-0.05, 0) is 53.8 Å². The molecule has 0 radical (unpaired) electrons. The summed E-state index contributed by atoms with van der Waals surface area (Å²) in [7, 11) is -3.28. The van der Waals surface area contributed by atoms with Crippen molar-refractivity contribution in [3.63, 3.8) is 0 Å². The van der Waals surface area contributed by atoms with Crippen molar-refractivity contribution in [1.82, 2.24) is 4.90 Å². The second-order valence-corrected chi connectivity index (χ2v) is 18.5. The van der Waals surface area contributed by atoms with E-state index in [2.05, 4.69) is 13.8 Å². The van der Waals surface area contributed by atoms with Crippen molar-refractivity contribution in [2.75, 3.05) is 18.6 Å². The van der Waals surface area contributed by atoms with E-state index < -0.39 is 50.1 Å². The Labute approximate surface area is 272 Å². The quantitative estimate of drug-likeness (QED) is 0.173. The number of amides is 1. The molecule has 0 aromatic heterocycles. The van der Waals surface area contributed by atoms with Crippen LogP contribution >= 0.6 is 0 Å². The second kappa shape index (κ2) is 14.5. The highest BCUT2D eigenvalue weighted by molar-refractivity contribution is 7.90. The first-order chi connectivity index (χ1) is 20.8. The van der Waals surface area contributed by atoms with Crippen LogP contribution in [0.4, 0.5) is 0 Å². The van der Waals surface area contributed by atoms with E-state index in [1.54, 1.807) is 4.90 Å². The molecule has 2 unspecified atom stereocenters. The van der Waals surface area contributed by atoms with Gasteiger partial charge in [-0.3, -0.25) is 24.0 Å². The number of sulfone groups is 1. The molecule has 1 aliphatic heterocycles. The van der Waals surface area contributed by atoms with E-state index >= 15 is 0 Å². The Kier molecular flexibility index (Phi) is 12.1. The standard InChI is InChI=1S/C36H59NO7S/c1-9-11-16-28(39)32(41)24(15-10-2)19-29(40)31-30-27(35(30,6)7)22-37(31)33(42)26(34(3,4)5)20-25(38)21-36(23-45(8,43)44)17-13-12-14-18-36/h24,26-27,30-31H,9-23H2,1-8H3/t24?,26-,27?,30+,31-/m1/s1. The van der Waals surface area contributed by atoms with Gasteiger partial charge >= 0.3 is 0 Å². The van der Waals surface area contributed by atoms with E-state index in [-0.39, 0.29) is 66.2 Å². The number of fused-ring (bicyclic) bond motifs is 1. The Morgan fingerprint density at radius 1 is 0.933 bits per heavy atom. The number of ketones is 4. The SMILES string of the molecule is CCCCC(=O)C(=O)C(CCC)CC(=O)[C@@H]1[C@@H]2C(CN1C(=O)[C@@H](CC(=O)CC1(CS(C)(=O)=O)CCCCC1)C(C)(C)C)C2(C)C. The van der Waals surface area contributed by atoms with Crippen LogP contribution in [0.5, 0.6) is 0 Å². The van der Waals surface area contributed by atoms with Gasteiger partial charge in [0, 0.05) is 50.3 Å². The lowest BCUT2D eigenvalue weighted by Gasteiger charge is -2.39. The molecule has 3 fully saturated rings. The first kappa shape index (κ1) is 37.6. The molecule has 2 saturated carbocycles. The molecule has 9 heteroatoms. The maximum atomic E-state index is 14.4. The summed E-state index contributed by atoms with van der Waals surface area (Å²) in [4.78, 5) is 69.6. The fraction of sp³-hybridized carbons (Fsp3) is 0.861. The first-order valence-electron chi connectivity index (χ1n) is 17.4. The number of hydrogen-bond donors (Lipinski definition) is 0. The summed E-state index contributed by atoms with van der Waals surface area (Å²) >= 11 is 0. The zero-order chi connectivity index (χ0) is 34.0. The number of carbonyl (C=O) groups excluding carboxylic acids is 5. The van der Waals surface area contributed by atoms with Crippen molar-refractivity contribution < 1.29 is 32.4 Å². The number of Topliss-reactive ketones (excluding diaryl/α,β-unsaturated/α-hetero) is 4. The van der Waals surface area contributed by atoms with Crippen molar-refractivity contribution >= 4 is 38.9 Å². The molecule has 8 nitrogen and oxygen atoms in total. The maximum Gasteiger partial charge on any atom is 0.227 e. The van der Waals surface area contributed by atoms with Crippen molar-refractivity contribution in [3.05, 3.63) is 0 Å². The van der Waals surface area contributed by atoms with Gasteiger partial charge in [-0.2, -0.15) is 0 Å². The van der Waals surface area contributed by atoms with E-state index in [4.69, 9.17) is 0 Å². The molecule has 3 rings (SSSR count). The highest BCUT2D eigenvalue weighted by atomic mass is 32.2. The minimum absolute atomic E-state index is 0.00680. The van der Waals surface area contributed by atoms with Crippen LogP contribution in [-0.4, -0.2) is 67.0 Å². The molecule has 256 valence electrons. The third-order valence-electron chi connectivity index (χ3n) is 11.1. The van der Waals surface area contributed by atoms with Crippen LogP contribution in [0.25, 0.3) is 0 Å². The van der Waals surface area contributed by atoms with Gasteiger partial charge in [-0.1, -0.05) is 80.6 Å². The predicted molar refractivity (Wildman–Crippen MR) is 176 cm³/mol. The fourth-order valence-electron chi connectivity index (χ4n) is 8.52.